The van der Waals surface area contributed by atoms with Gasteiger partial charge in [-0.15, -0.1) is 0 Å². The average Bonchev–Trinajstić information content (AvgIpc) is 2.79. The minimum Gasteiger partial charge on any atom is -0.481 e. The normalized spacial score (nSPS) is 10.8. The lowest BCUT2D eigenvalue weighted by molar-refractivity contribution is 0.0977. The highest BCUT2D eigenvalue weighted by Gasteiger charge is 2.17. The van der Waals surface area contributed by atoms with Crippen molar-refractivity contribution >= 4 is 44.8 Å². The molecule has 1 aromatic heterocycles. The number of benzene rings is 2. The summed E-state index contributed by atoms with van der Waals surface area (Å²) in [6.45, 7) is 1.93. The zero-order chi connectivity index (χ0) is 24.0. The molecule has 3 aromatic rings. The van der Waals surface area contributed by atoms with Gasteiger partial charge in [0.25, 0.3) is 15.9 Å². The van der Waals surface area contributed by atoms with Gasteiger partial charge in [0.2, 0.25) is 5.88 Å². The van der Waals surface area contributed by atoms with Gasteiger partial charge in [0.1, 0.15) is 0 Å². The van der Waals surface area contributed by atoms with E-state index in [0.717, 1.165) is 5.56 Å². The molecule has 0 saturated carbocycles. The fraction of sp³-hybridized carbons (Fsp3) is 0.143. The Hall–Kier alpha value is -3.77. The van der Waals surface area contributed by atoms with Gasteiger partial charge < -0.3 is 14.8 Å². The lowest BCUT2D eigenvalue weighted by Gasteiger charge is -2.12. The van der Waals surface area contributed by atoms with Crippen molar-refractivity contribution in [3.05, 3.63) is 65.7 Å². The second-order valence-corrected chi connectivity index (χ2v) is 8.78. The third-order valence-corrected chi connectivity index (χ3v) is 5.85. The van der Waals surface area contributed by atoms with Gasteiger partial charge in [0.05, 0.1) is 19.1 Å². The maximum Gasteiger partial charge on any atom is 0.321 e. The number of methoxy groups -OCH3 is 2. The molecule has 0 aliphatic rings. The Balaban J connectivity index is 1.66. The van der Waals surface area contributed by atoms with E-state index in [1.54, 1.807) is 12.1 Å². The Morgan fingerprint density at radius 1 is 0.970 bits per heavy atom. The highest BCUT2D eigenvalue weighted by Crippen LogP contribution is 2.21. The number of aromatic nitrogens is 2. The highest BCUT2D eigenvalue weighted by molar-refractivity contribution is 7.92. The lowest BCUT2D eigenvalue weighted by atomic mass is 10.1. The van der Waals surface area contributed by atoms with Crippen molar-refractivity contribution in [1.82, 2.24) is 15.3 Å². The van der Waals surface area contributed by atoms with Crippen molar-refractivity contribution in [3.63, 3.8) is 0 Å². The first-order chi connectivity index (χ1) is 15.7. The van der Waals surface area contributed by atoms with Gasteiger partial charge in [0, 0.05) is 17.3 Å². The number of hydrogen-bond donors (Lipinski definition) is 3. The van der Waals surface area contributed by atoms with Crippen LogP contribution in [0.5, 0.6) is 11.9 Å². The van der Waals surface area contributed by atoms with Gasteiger partial charge in [-0.2, -0.15) is 9.97 Å². The number of hydrogen-bond acceptors (Lipinski definition) is 8. The molecule has 0 fully saturated rings. The molecule has 2 aromatic carbocycles. The summed E-state index contributed by atoms with van der Waals surface area (Å²) in [4.78, 5) is 20.1. The fourth-order valence-electron chi connectivity index (χ4n) is 2.61. The van der Waals surface area contributed by atoms with Gasteiger partial charge in [-0.25, -0.2) is 8.42 Å². The summed E-state index contributed by atoms with van der Waals surface area (Å²) in [5.74, 6) is -0.229. The fourth-order valence-corrected chi connectivity index (χ4v) is 3.81. The number of carbonyl (C=O) groups is 1. The van der Waals surface area contributed by atoms with Crippen molar-refractivity contribution in [2.75, 3.05) is 24.3 Å². The Bertz CT molecular complexity index is 1240. The Morgan fingerprint density at radius 2 is 1.64 bits per heavy atom. The maximum absolute atomic E-state index is 12.7. The molecule has 0 aliphatic heterocycles. The van der Waals surface area contributed by atoms with Gasteiger partial charge >= 0.3 is 6.01 Å². The summed E-state index contributed by atoms with van der Waals surface area (Å²) in [6.07, 6.45) is 0. The van der Waals surface area contributed by atoms with Crippen LogP contribution in [0.3, 0.4) is 0 Å². The molecule has 10 nitrogen and oxygen atoms in total. The van der Waals surface area contributed by atoms with Crippen LogP contribution in [0.25, 0.3) is 0 Å². The van der Waals surface area contributed by atoms with E-state index in [9.17, 15) is 13.2 Å². The van der Waals surface area contributed by atoms with Crippen LogP contribution in [0.15, 0.2) is 59.5 Å². The quantitative estimate of drug-likeness (QED) is 0.430. The molecular weight excluding hydrogens is 466 g/mol. The van der Waals surface area contributed by atoms with E-state index < -0.39 is 10.0 Å². The van der Waals surface area contributed by atoms with Crippen LogP contribution in [0.1, 0.15) is 15.9 Å². The summed E-state index contributed by atoms with van der Waals surface area (Å²) >= 11 is 5.17. The molecule has 3 N–H and O–H groups in total. The standard InChI is InChI=1S/C21H21N5O5S2/c1-13-4-6-14(7-5-13)19(27)25-21(32)22-15-8-10-16(11-9-15)33(28,29)26-17-12-18(30-2)24-20(23-17)31-3/h4-12H,1-3H3,(H,23,24,26)(H2,22,25,27,32). The zero-order valence-corrected chi connectivity index (χ0v) is 19.6. The summed E-state index contributed by atoms with van der Waals surface area (Å²) in [7, 11) is -1.21. The minimum atomic E-state index is -3.95. The second kappa shape index (κ2) is 10.2. The monoisotopic (exact) mass is 487 g/mol. The molecule has 12 heteroatoms. The van der Waals surface area contributed by atoms with Crippen molar-refractivity contribution in [2.24, 2.45) is 0 Å². The topological polar surface area (TPSA) is 132 Å². The molecule has 1 amide bonds. The molecule has 0 aliphatic carbocycles. The van der Waals surface area contributed by atoms with E-state index in [1.807, 2.05) is 19.1 Å². The molecule has 3 rings (SSSR count). The first kappa shape index (κ1) is 23.9. The molecule has 1 heterocycles. The van der Waals surface area contributed by atoms with E-state index in [0.29, 0.717) is 11.3 Å². The van der Waals surface area contributed by atoms with Crippen LogP contribution in [-0.4, -0.2) is 43.6 Å². The van der Waals surface area contributed by atoms with E-state index >= 15 is 0 Å². The van der Waals surface area contributed by atoms with Crippen LogP contribution in [-0.2, 0) is 10.0 Å². The summed E-state index contributed by atoms with van der Waals surface area (Å²) in [5, 5.41) is 5.50. The maximum atomic E-state index is 12.7. The van der Waals surface area contributed by atoms with Crippen molar-refractivity contribution in [1.29, 1.82) is 0 Å². The number of amides is 1. The van der Waals surface area contributed by atoms with E-state index in [1.165, 1.54) is 44.6 Å². The average molecular weight is 488 g/mol. The number of thiocarbonyl (C=S) groups is 1. The minimum absolute atomic E-state index is 0.0131. The number of carbonyl (C=O) groups excluding carboxylic acids is 1. The number of rotatable bonds is 7. The van der Waals surface area contributed by atoms with Crippen molar-refractivity contribution in [3.8, 4) is 11.9 Å². The predicted octanol–water partition coefficient (Wildman–Crippen LogP) is 2.73. The first-order valence-electron chi connectivity index (χ1n) is 9.49. The molecule has 0 unspecified atom stereocenters. The van der Waals surface area contributed by atoms with Gasteiger partial charge in [-0.1, -0.05) is 17.7 Å². The molecule has 0 atom stereocenters. The summed E-state index contributed by atoms with van der Waals surface area (Å²) in [6, 6.07) is 14.1. The number of ether oxygens (including phenoxy) is 2. The Morgan fingerprint density at radius 3 is 2.24 bits per heavy atom. The Labute approximate surface area is 196 Å². The molecule has 172 valence electrons. The predicted molar refractivity (Wildman–Crippen MR) is 127 cm³/mol. The van der Waals surface area contributed by atoms with Crippen LogP contribution in [0.4, 0.5) is 11.5 Å². The van der Waals surface area contributed by atoms with E-state index in [4.69, 9.17) is 21.7 Å². The van der Waals surface area contributed by atoms with Crippen LogP contribution in [0, 0.1) is 6.92 Å². The number of nitrogens with zero attached hydrogens (tertiary/aromatic N) is 2. The molecule has 0 radical (unpaired) electrons. The SMILES string of the molecule is COc1cc(NS(=O)(=O)c2ccc(NC(=S)NC(=O)c3ccc(C)cc3)cc2)nc(OC)n1. The number of sulfonamides is 1. The lowest BCUT2D eigenvalue weighted by Crippen LogP contribution is -2.34. The second-order valence-electron chi connectivity index (χ2n) is 6.69. The molecule has 0 bridgehead atoms. The van der Waals surface area contributed by atoms with Crippen molar-refractivity contribution < 1.29 is 22.7 Å². The number of nitrogens with one attached hydrogen (secondary N) is 3. The third kappa shape index (κ3) is 6.37. The molecular formula is C21H21N5O5S2. The van der Waals surface area contributed by atoms with Gasteiger partial charge in [-0.05, 0) is 55.5 Å². The van der Waals surface area contributed by atoms with Gasteiger partial charge in [0.15, 0.2) is 10.9 Å². The molecule has 0 spiro atoms. The number of aryl methyl sites for hydroxylation is 1. The van der Waals surface area contributed by atoms with E-state index in [-0.39, 0.29) is 33.6 Å². The van der Waals surface area contributed by atoms with Crippen LogP contribution in [0.2, 0.25) is 0 Å². The smallest absolute Gasteiger partial charge is 0.321 e. The van der Waals surface area contributed by atoms with Gasteiger partial charge in [-0.3, -0.25) is 14.8 Å². The first-order valence-corrected chi connectivity index (χ1v) is 11.4. The molecule has 0 saturated heterocycles. The molecule has 33 heavy (non-hydrogen) atoms. The van der Waals surface area contributed by atoms with Crippen molar-refractivity contribution in [2.45, 2.75) is 11.8 Å². The van der Waals surface area contributed by atoms with Crippen LogP contribution < -0.4 is 24.8 Å². The Kier molecular flexibility index (Phi) is 7.41. The van der Waals surface area contributed by atoms with Crippen LogP contribution >= 0.6 is 12.2 Å². The highest BCUT2D eigenvalue weighted by atomic mass is 32.2. The third-order valence-electron chi connectivity index (χ3n) is 4.28. The largest absolute Gasteiger partial charge is 0.481 e. The summed E-state index contributed by atoms with van der Waals surface area (Å²) in [5.41, 5.74) is 2.00. The zero-order valence-electron chi connectivity index (χ0n) is 17.9. The van der Waals surface area contributed by atoms with E-state index in [2.05, 4.69) is 25.3 Å². The summed E-state index contributed by atoms with van der Waals surface area (Å²) < 4.78 is 37.7. The number of anilines is 2.